The Labute approximate surface area is 95.5 Å². The number of aliphatic hydroxyl groups is 1. The van der Waals surface area contributed by atoms with Crippen LogP contribution in [0.4, 0.5) is 0 Å². The molecule has 0 saturated heterocycles. The Morgan fingerprint density at radius 3 is 2.93 bits per heavy atom. The number of aromatic nitrogens is 1. The molecule has 1 heterocycles. The van der Waals surface area contributed by atoms with Gasteiger partial charge in [0.05, 0.1) is 0 Å². The summed E-state index contributed by atoms with van der Waals surface area (Å²) >= 11 is 4.92. The lowest BCUT2D eigenvalue weighted by atomic mass is 9.85. The maximum absolute atomic E-state index is 10.6. The van der Waals surface area contributed by atoms with E-state index in [-0.39, 0.29) is 0 Å². The largest absolute Gasteiger partial charge is 0.382 e. The normalized spacial score (nSPS) is 40.7. The predicted octanol–water partition coefficient (Wildman–Crippen LogP) is 2.91. The first-order valence-corrected chi connectivity index (χ1v) is 6.69. The Bertz CT molecular complexity index is 367. The minimum Gasteiger partial charge on any atom is -0.382 e. The van der Waals surface area contributed by atoms with Crippen LogP contribution in [0.3, 0.4) is 0 Å². The predicted molar refractivity (Wildman–Crippen MR) is 59.2 cm³/mol. The van der Waals surface area contributed by atoms with Gasteiger partial charge in [-0.3, -0.25) is 0 Å². The molecule has 2 fully saturated rings. The molecule has 3 unspecified atom stereocenters. The first-order valence-electron chi connectivity index (χ1n) is 5.02. The third-order valence-corrected chi connectivity index (χ3v) is 5.38. The van der Waals surface area contributed by atoms with E-state index in [1.54, 1.807) is 11.3 Å². The van der Waals surface area contributed by atoms with E-state index in [0.717, 1.165) is 21.9 Å². The quantitative estimate of drug-likeness (QED) is 0.854. The van der Waals surface area contributed by atoms with Crippen molar-refractivity contribution in [3.05, 3.63) is 15.0 Å². The number of halogens is 1. The van der Waals surface area contributed by atoms with Crippen molar-refractivity contribution in [3.63, 3.8) is 0 Å². The summed E-state index contributed by atoms with van der Waals surface area (Å²) in [4.78, 5) is 4.37. The van der Waals surface area contributed by atoms with Crippen molar-refractivity contribution < 1.29 is 5.11 Å². The van der Waals surface area contributed by atoms with Crippen LogP contribution in [0.5, 0.6) is 0 Å². The van der Waals surface area contributed by atoms with Crippen molar-refractivity contribution in [1.29, 1.82) is 0 Å². The summed E-state index contributed by atoms with van der Waals surface area (Å²) in [7, 11) is 0. The van der Waals surface area contributed by atoms with Gasteiger partial charge in [0, 0.05) is 5.38 Å². The molecule has 0 spiro atoms. The number of hydrogen-bond acceptors (Lipinski definition) is 3. The molecule has 14 heavy (non-hydrogen) atoms. The number of fused-ring (bicyclic) bond motifs is 2. The molecule has 4 heteroatoms. The first-order chi connectivity index (χ1) is 6.68. The van der Waals surface area contributed by atoms with E-state index >= 15 is 0 Å². The number of rotatable bonds is 1. The van der Waals surface area contributed by atoms with Crippen LogP contribution in [-0.4, -0.2) is 10.1 Å². The fourth-order valence-electron chi connectivity index (χ4n) is 3.02. The standard InChI is InChI=1S/C10H12BrNOS/c11-8-5-14-9(12-8)10(13)4-6-1-2-7(10)3-6/h5-7,13H,1-4H2. The summed E-state index contributed by atoms with van der Waals surface area (Å²) < 4.78 is 0.855. The maximum atomic E-state index is 10.6. The molecule has 0 amide bonds. The molecule has 0 aromatic carbocycles. The minimum atomic E-state index is -0.598. The third-order valence-electron chi connectivity index (χ3n) is 3.66. The molecule has 2 nitrogen and oxygen atoms in total. The monoisotopic (exact) mass is 273 g/mol. The van der Waals surface area contributed by atoms with E-state index in [2.05, 4.69) is 20.9 Å². The van der Waals surface area contributed by atoms with Gasteiger partial charge in [0.1, 0.15) is 15.2 Å². The van der Waals surface area contributed by atoms with Gasteiger partial charge in [-0.25, -0.2) is 4.98 Å². The summed E-state index contributed by atoms with van der Waals surface area (Å²) in [6.45, 7) is 0. The highest BCUT2D eigenvalue weighted by Crippen LogP contribution is 2.55. The van der Waals surface area contributed by atoms with E-state index < -0.39 is 5.60 Å². The van der Waals surface area contributed by atoms with Crippen LogP contribution in [0.1, 0.15) is 30.7 Å². The average Bonchev–Trinajstić information content (AvgIpc) is 2.78. The second-order valence-corrected chi connectivity index (χ2v) is 6.15. The molecule has 3 atom stereocenters. The van der Waals surface area contributed by atoms with E-state index in [4.69, 9.17) is 0 Å². The van der Waals surface area contributed by atoms with E-state index in [1.165, 1.54) is 19.3 Å². The highest BCUT2D eigenvalue weighted by atomic mass is 79.9. The second-order valence-electron chi connectivity index (χ2n) is 4.48. The fraction of sp³-hybridized carbons (Fsp3) is 0.700. The fourth-order valence-corrected chi connectivity index (χ4v) is 4.46. The van der Waals surface area contributed by atoms with Gasteiger partial charge in [-0.15, -0.1) is 11.3 Å². The molecule has 1 aromatic rings. The van der Waals surface area contributed by atoms with Crippen LogP contribution in [0.2, 0.25) is 0 Å². The zero-order valence-corrected chi connectivity index (χ0v) is 10.1. The average molecular weight is 274 g/mol. The van der Waals surface area contributed by atoms with Crippen molar-refractivity contribution >= 4 is 27.3 Å². The van der Waals surface area contributed by atoms with E-state index in [0.29, 0.717) is 5.92 Å². The molecule has 3 rings (SSSR count). The van der Waals surface area contributed by atoms with Crippen molar-refractivity contribution in [1.82, 2.24) is 4.98 Å². The van der Waals surface area contributed by atoms with Gasteiger partial charge in [0.25, 0.3) is 0 Å². The van der Waals surface area contributed by atoms with Crippen LogP contribution >= 0.6 is 27.3 Å². The highest BCUT2D eigenvalue weighted by molar-refractivity contribution is 9.10. The van der Waals surface area contributed by atoms with Gasteiger partial charge < -0.3 is 5.11 Å². The lowest BCUT2D eigenvalue weighted by Gasteiger charge is -2.30. The molecule has 0 radical (unpaired) electrons. The summed E-state index contributed by atoms with van der Waals surface area (Å²) in [6, 6.07) is 0. The lowest BCUT2D eigenvalue weighted by Crippen LogP contribution is -2.31. The zero-order valence-electron chi connectivity index (χ0n) is 7.74. The van der Waals surface area contributed by atoms with E-state index in [1.807, 2.05) is 5.38 Å². The first kappa shape index (κ1) is 9.31. The van der Waals surface area contributed by atoms with Gasteiger partial charge in [0.2, 0.25) is 0 Å². The molecule has 1 aromatic heterocycles. The summed E-state index contributed by atoms with van der Waals surface area (Å²) in [5.41, 5.74) is -0.598. The van der Waals surface area contributed by atoms with Crippen molar-refractivity contribution in [3.8, 4) is 0 Å². The third kappa shape index (κ3) is 1.20. The lowest BCUT2D eigenvalue weighted by molar-refractivity contribution is -0.0184. The van der Waals surface area contributed by atoms with Crippen molar-refractivity contribution in [2.24, 2.45) is 11.8 Å². The molecule has 76 valence electrons. The summed E-state index contributed by atoms with van der Waals surface area (Å²) in [6.07, 6.45) is 4.61. The molecular weight excluding hydrogens is 262 g/mol. The summed E-state index contributed by atoms with van der Waals surface area (Å²) in [5, 5.41) is 13.5. The van der Waals surface area contributed by atoms with Crippen LogP contribution < -0.4 is 0 Å². The SMILES string of the molecule is OC1(c2nc(Br)cs2)CC2CCC1C2. The molecule has 1 N–H and O–H groups in total. The van der Waals surface area contributed by atoms with Crippen LogP contribution in [0.25, 0.3) is 0 Å². The topological polar surface area (TPSA) is 33.1 Å². The van der Waals surface area contributed by atoms with E-state index in [9.17, 15) is 5.11 Å². The van der Waals surface area contributed by atoms with Crippen molar-refractivity contribution in [2.45, 2.75) is 31.3 Å². The van der Waals surface area contributed by atoms with Gasteiger partial charge in [-0.2, -0.15) is 0 Å². The van der Waals surface area contributed by atoms with Crippen LogP contribution in [-0.2, 0) is 5.60 Å². The maximum Gasteiger partial charge on any atom is 0.126 e. The minimum absolute atomic E-state index is 0.463. The Morgan fingerprint density at radius 1 is 1.57 bits per heavy atom. The Kier molecular flexibility index (Phi) is 2.01. The molecule has 2 saturated carbocycles. The van der Waals surface area contributed by atoms with Gasteiger partial charge in [-0.05, 0) is 53.4 Å². The van der Waals surface area contributed by atoms with Crippen LogP contribution in [0.15, 0.2) is 9.98 Å². The molecule has 0 aliphatic heterocycles. The van der Waals surface area contributed by atoms with Crippen LogP contribution in [0, 0.1) is 11.8 Å². The molecular formula is C10H12BrNOS. The van der Waals surface area contributed by atoms with Gasteiger partial charge >= 0.3 is 0 Å². The Morgan fingerprint density at radius 2 is 2.43 bits per heavy atom. The zero-order chi connectivity index (χ0) is 9.76. The van der Waals surface area contributed by atoms with Gasteiger partial charge in [0.15, 0.2) is 0 Å². The second kappa shape index (κ2) is 3.03. The number of thiazole rings is 1. The summed E-state index contributed by atoms with van der Waals surface area (Å²) in [5.74, 6) is 1.21. The molecule has 2 aliphatic rings. The molecule has 2 aliphatic carbocycles. The Balaban J connectivity index is 1.97. The smallest absolute Gasteiger partial charge is 0.126 e. The number of nitrogens with zero attached hydrogens (tertiary/aromatic N) is 1. The number of hydrogen-bond donors (Lipinski definition) is 1. The van der Waals surface area contributed by atoms with Crippen molar-refractivity contribution in [2.75, 3.05) is 0 Å². The molecule has 2 bridgehead atoms. The highest BCUT2D eigenvalue weighted by Gasteiger charge is 2.52. The van der Waals surface area contributed by atoms with Gasteiger partial charge in [-0.1, -0.05) is 0 Å². The Hall–Kier alpha value is 0.0700.